The van der Waals surface area contributed by atoms with Gasteiger partial charge in [0.25, 0.3) is 0 Å². The van der Waals surface area contributed by atoms with Gasteiger partial charge in [0, 0.05) is 0 Å². The van der Waals surface area contributed by atoms with Gasteiger partial charge in [0.05, 0.1) is 0 Å². The maximum Gasteiger partial charge on any atom is -0.0257 e. The first-order valence-electron chi connectivity index (χ1n) is 3.80. The van der Waals surface area contributed by atoms with Gasteiger partial charge in [-0.15, -0.1) is 0 Å². The van der Waals surface area contributed by atoms with Crippen LogP contribution in [0.3, 0.4) is 0 Å². The Bertz CT molecular complexity index is 159. The topological polar surface area (TPSA) is 0 Å². The highest BCUT2D eigenvalue weighted by Gasteiger charge is 2.00. The summed E-state index contributed by atoms with van der Waals surface area (Å²) in [4.78, 5) is 0. The van der Waals surface area contributed by atoms with Crippen LogP contribution >= 0.6 is 0 Å². The van der Waals surface area contributed by atoms with E-state index in [0.717, 1.165) is 0 Å². The Morgan fingerprint density at radius 2 is 1.50 bits per heavy atom. The molecule has 0 aromatic heterocycles. The number of allylic oxidation sites excluding steroid dienone is 3. The molecule has 0 bridgehead atoms. The third kappa shape index (κ3) is 2.38. The van der Waals surface area contributed by atoms with Gasteiger partial charge in [0.2, 0.25) is 0 Å². The van der Waals surface area contributed by atoms with E-state index in [0.29, 0.717) is 5.92 Å². The maximum absolute atomic E-state index is 3.90. The molecule has 0 radical (unpaired) electrons. The maximum atomic E-state index is 3.90. The van der Waals surface area contributed by atoms with Crippen molar-refractivity contribution in [3.63, 3.8) is 0 Å². The van der Waals surface area contributed by atoms with E-state index in [4.69, 9.17) is 0 Å². The molecule has 0 N–H and O–H groups in total. The molecule has 0 nitrogen and oxygen atoms in total. The molecule has 0 heterocycles. The minimum absolute atomic E-state index is 0.650. The fraction of sp³-hybridized carbons (Fsp3) is 0.600. The zero-order valence-corrected chi connectivity index (χ0v) is 7.78. The second-order valence-electron chi connectivity index (χ2n) is 3.24. The Balaban J connectivity index is 4.50. The summed E-state index contributed by atoms with van der Waals surface area (Å²) in [5.41, 5.74) is 3.99. The van der Waals surface area contributed by atoms with Crippen LogP contribution in [0.4, 0.5) is 0 Å². The molecular formula is C10H18. The number of rotatable bonds is 2. The zero-order chi connectivity index (χ0) is 8.31. The van der Waals surface area contributed by atoms with E-state index in [1.807, 2.05) is 0 Å². The van der Waals surface area contributed by atoms with Crippen LogP contribution in [0.2, 0.25) is 0 Å². The largest absolute Gasteiger partial charge is 0.0959 e. The van der Waals surface area contributed by atoms with Gasteiger partial charge in [-0.05, 0) is 32.3 Å². The van der Waals surface area contributed by atoms with Gasteiger partial charge in [0.1, 0.15) is 0 Å². The predicted molar refractivity (Wildman–Crippen MR) is 48.0 cm³/mol. The molecule has 0 aliphatic rings. The molecule has 10 heavy (non-hydrogen) atoms. The standard InChI is InChI=1S/C10H18/c1-7(2)9(5)10(6)8(3)4/h8H,1H2,2-6H3/b10-9+. The normalized spacial score (nSPS) is 13.4. The molecular weight excluding hydrogens is 120 g/mol. The highest BCUT2D eigenvalue weighted by atomic mass is 14.1. The van der Waals surface area contributed by atoms with Crippen molar-refractivity contribution in [3.8, 4) is 0 Å². The van der Waals surface area contributed by atoms with Crippen molar-refractivity contribution in [2.45, 2.75) is 34.6 Å². The second-order valence-corrected chi connectivity index (χ2v) is 3.24. The molecule has 0 aliphatic carbocycles. The first kappa shape index (κ1) is 9.48. The van der Waals surface area contributed by atoms with Gasteiger partial charge in [-0.2, -0.15) is 0 Å². The van der Waals surface area contributed by atoms with E-state index in [2.05, 4.69) is 41.2 Å². The van der Waals surface area contributed by atoms with Crippen LogP contribution in [-0.2, 0) is 0 Å². The predicted octanol–water partition coefficient (Wildman–Crippen LogP) is 3.55. The third-order valence-electron chi connectivity index (χ3n) is 2.10. The molecule has 0 atom stereocenters. The average Bonchev–Trinajstić information content (AvgIpc) is 1.84. The molecule has 58 valence electrons. The van der Waals surface area contributed by atoms with Gasteiger partial charge in [-0.25, -0.2) is 0 Å². The van der Waals surface area contributed by atoms with E-state index in [1.54, 1.807) is 0 Å². The number of hydrogen-bond donors (Lipinski definition) is 0. The van der Waals surface area contributed by atoms with Crippen molar-refractivity contribution in [1.29, 1.82) is 0 Å². The highest BCUT2D eigenvalue weighted by molar-refractivity contribution is 5.29. The van der Waals surface area contributed by atoms with Crippen molar-refractivity contribution < 1.29 is 0 Å². The van der Waals surface area contributed by atoms with Crippen molar-refractivity contribution in [2.75, 3.05) is 0 Å². The van der Waals surface area contributed by atoms with Crippen LogP contribution < -0.4 is 0 Å². The quantitative estimate of drug-likeness (QED) is 0.512. The molecule has 0 aromatic carbocycles. The van der Waals surface area contributed by atoms with E-state index in [9.17, 15) is 0 Å². The fourth-order valence-corrected chi connectivity index (χ4v) is 0.770. The Morgan fingerprint density at radius 3 is 1.60 bits per heavy atom. The fourth-order valence-electron chi connectivity index (χ4n) is 0.770. The molecule has 0 aromatic rings. The SMILES string of the molecule is C=C(C)/C(C)=C(\C)C(C)C. The molecule has 0 spiro atoms. The summed E-state index contributed by atoms with van der Waals surface area (Å²) >= 11 is 0. The lowest BCUT2D eigenvalue weighted by atomic mass is 9.96. The van der Waals surface area contributed by atoms with E-state index < -0.39 is 0 Å². The van der Waals surface area contributed by atoms with Crippen LogP contribution in [0.15, 0.2) is 23.3 Å². The van der Waals surface area contributed by atoms with Gasteiger partial charge in [-0.1, -0.05) is 31.6 Å². The molecule has 0 saturated carbocycles. The van der Waals surface area contributed by atoms with Crippen LogP contribution in [0.25, 0.3) is 0 Å². The first-order valence-corrected chi connectivity index (χ1v) is 3.80. The Kier molecular flexibility index (Phi) is 3.41. The van der Waals surface area contributed by atoms with Crippen molar-refractivity contribution in [3.05, 3.63) is 23.3 Å². The summed E-state index contributed by atoms with van der Waals surface area (Å²) in [7, 11) is 0. The lowest BCUT2D eigenvalue weighted by Gasteiger charge is -2.10. The third-order valence-corrected chi connectivity index (χ3v) is 2.10. The van der Waals surface area contributed by atoms with Crippen LogP contribution in [0, 0.1) is 5.92 Å². The van der Waals surface area contributed by atoms with Crippen LogP contribution in [0.1, 0.15) is 34.6 Å². The van der Waals surface area contributed by atoms with Crippen molar-refractivity contribution in [1.82, 2.24) is 0 Å². The Hall–Kier alpha value is -0.520. The average molecular weight is 138 g/mol. The molecule has 0 amide bonds. The summed E-state index contributed by atoms with van der Waals surface area (Å²) in [6.07, 6.45) is 0. The van der Waals surface area contributed by atoms with Gasteiger partial charge in [-0.3, -0.25) is 0 Å². The monoisotopic (exact) mass is 138 g/mol. The highest BCUT2D eigenvalue weighted by Crippen LogP contribution is 2.18. The lowest BCUT2D eigenvalue weighted by Crippen LogP contribution is -1.93. The van der Waals surface area contributed by atoms with Crippen LogP contribution in [0.5, 0.6) is 0 Å². The van der Waals surface area contributed by atoms with Crippen molar-refractivity contribution in [2.24, 2.45) is 5.92 Å². The van der Waals surface area contributed by atoms with Gasteiger partial charge >= 0.3 is 0 Å². The van der Waals surface area contributed by atoms with E-state index >= 15 is 0 Å². The summed E-state index contributed by atoms with van der Waals surface area (Å²) in [5.74, 6) is 0.650. The smallest absolute Gasteiger partial charge is 0.0257 e. The minimum Gasteiger partial charge on any atom is -0.0959 e. The molecule has 0 heteroatoms. The summed E-state index contributed by atoms with van der Waals surface area (Å²) in [6, 6.07) is 0. The molecule has 0 saturated heterocycles. The molecule has 0 rings (SSSR count). The number of hydrogen-bond acceptors (Lipinski definition) is 0. The molecule has 0 aliphatic heterocycles. The van der Waals surface area contributed by atoms with Gasteiger partial charge in [0.15, 0.2) is 0 Å². The Labute approximate surface area is 64.6 Å². The van der Waals surface area contributed by atoms with Crippen LogP contribution in [-0.4, -0.2) is 0 Å². The first-order chi connectivity index (χ1) is 4.46. The molecule has 0 unspecified atom stereocenters. The Morgan fingerprint density at radius 1 is 1.10 bits per heavy atom. The summed E-state index contributed by atoms with van der Waals surface area (Å²) in [6.45, 7) is 14.7. The van der Waals surface area contributed by atoms with Crippen molar-refractivity contribution >= 4 is 0 Å². The van der Waals surface area contributed by atoms with E-state index in [1.165, 1.54) is 16.7 Å². The lowest BCUT2D eigenvalue weighted by molar-refractivity contribution is 0.758. The second kappa shape index (κ2) is 3.60. The minimum atomic E-state index is 0.650. The molecule has 0 fully saturated rings. The van der Waals surface area contributed by atoms with E-state index in [-0.39, 0.29) is 0 Å². The van der Waals surface area contributed by atoms with Gasteiger partial charge < -0.3 is 0 Å². The zero-order valence-electron chi connectivity index (χ0n) is 7.78. The summed E-state index contributed by atoms with van der Waals surface area (Å²) in [5, 5.41) is 0. The summed E-state index contributed by atoms with van der Waals surface area (Å²) < 4.78 is 0.